The van der Waals surface area contributed by atoms with E-state index in [4.69, 9.17) is 0 Å². The number of carbonyl (C=O) groups is 1. The van der Waals surface area contributed by atoms with Crippen molar-refractivity contribution in [3.05, 3.63) is 41.1 Å². The summed E-state index contributed by atoms with van der Waals surface area (Å²) in [6.45, 7) is 4.36. The number of pyridine rings is 1. The van der Waals surface area contributed by atoms with Gasteiger partial charge in [-0.25, -0.2) is 0 Å². The van der Waals surface area contributed by atoms with Crippen LogP contribution in [0.25, 0.3) is 10.9 Å². The van der Waals surface area contributed by atoms with E-state index in [2.05, 4.69) is 10.3 Å². The van der Waals surface area contributed by atoms with Gasteiger partial charge in [0.1, 0.15) is 0 Å². The highest BCUT2D eigenvalue weighted by atomic mass is 16.3. The number of hydrogen-bond acceptors (Lipinski definition) is 3. The van der Waals surface area contributed by atoms with E-state index in [0.717, 1.165) is 53.4 Å². The maximum absolute atomic E-state index is 12.4. The molecule has 3 rings (SSSR count). The zero-order valence-electron chi connectivity index (χ0n) is 14.6. The van der Waals surface area contributed by atoms with E-state index in [-0.39, 0.29) is 5.91 Å². The summed E-state index contributed by atoms with van der Waals surface area (Å²) in [7, 11) is 0. The molecule has 4 heteroatoms. The third kappa shape index (κ3) is 3.59. The Hall–Kier alpha value is -1.94. The van der Waals surface area contributed by atoms with Crippen LogP contribution in [0.3, 0.4) is 0 Å². The number of amides is 1. The van der Waals surface area contributed by atoms with Crippen LogP contribution in [0.1, 0.15) is 48.9 Å². The number of rotatable bonds is 4. The van der Waals surface area contributed by atoms with Crippen molar-refractivity contribution in [3.8, 4) is 0 Å². The molecule has 0 radical (unpaired) electrons. The fraction of sp³-hybridized carbons (Fsp3) is 0.500. The number of nitrogens with zero attached hydrogens (tertiary/aromatic N) is 1. The van der Waals surface area contributed by atoms with Gasteiger partial charge in [-0.05, 0) is 43.9 Å². The highest BCUT2D eigenvalue weighted by Crippen LogP contribution is 2.27. The summed E-state index contributed by atoms with van der Waals surface area (Å²) < 4.78 is 0. The number of aliphatic hydroxyl groups is 1. The van der Waals surface area contributed by atoms with Gasteiger partial charge >= 0.3 is 0 Å². The molecule has 0 aliphatic heterocycles. The monoisotopic (exact) mass is 326 g/mol. The number of hydrogen-bond donors (Lipinski definition) is 2. The van der Waals surface area contributed by atoms with Crippen LogP contribution in [0.4, 0.5) is 0 Å². The molecule has 1 heterocycles. The van der Waals surface area contributed by atoms with E-state index in [9.17, 15) is 9.90 Å². The fourth-order valence-electron chi connectivity index (χ4n) is 3.70. The minimum atomic E-state index is -0.723. The first-order valence-electron chi connectivity index (χ1n) is 8.82. The highest BCUT2D eigenvalue weighted by Gasteiger charge is 2.29. The van der Waals surface area contributed by atoms with Crippen LogP contribution in [0.5, 0.6) is 0 Å². The average molecular weight is 326 g/mol. The molecule has 1 amide bonds. The van der Waals surface area contributed by atoms with Gasteiger partial charge in [-0.15, -0.1) is 0 Å². The summed E-state index contributed by atoms with van der Waals surface area (Å²) in [5, 5.41) is 14.5. The molecule has 1 fully saturated rings. The van der Waals surface area contributed by atoms with Crippen molar-refractivity contribution >= 4 is 16.8 Å². The molecule has 128 valence electrons. The second kappa shape index (κ2) is 6.89. The highest BCUT2D eigenvalue weighted by molar-refractivity contribution is 5.86. The lowest BCUT2D eigenvalue weighted by atomic mass is 9.85. The van der Waals surface area contributed by atoms with Crippen LogP contribution in [0.15, 0.2) is 24.3 Å². The van der Waals surface area contributed by atoms with E-state index in [1.54, 1.807) is 0 Å². The summed E-state index contributed by atoms with van der Waals surface area (Å²) >= 11 is 0. The standard InChI is InChI=1S/C20H26N2O2/c1-14-16-8-4-5-9-18(16)22-15(2)17(14)12-19(23)21-13-20(24)10-6-3-7-11-20/h4-5,8-9,24H,3,6-7,10-13H2,1-2H3,(H,21,23). The van der Waals surface area contributed by atoms with Gasteiger partial charge in [0.05, 0.1) is 17.5 Å². The first-order valence-corrected chi connectivity index (χ1v) is 8.82. The number of carbonyl (C=O) groups excluding carboxylic acids is 1. The number of para-hydroxylation sites is 1. The number of fused-ring (bicyclic) bond motifs is 1. The van der Waals surface area contributed by atoms with Gasteiger partial charge in [0.15, 0.2) is 0 Å². The summed E-state index contributed by atoms with van der Waals surface area (Å²) in [4.78, 5) is 17.0. The largest absolute Gasteiger partial charge is 0.388 e. The Balaban J connectivity index is 1.71. The van der Waals surface area contributed by atoms with Crippen molar-refractivity contribution in [1.29, 1.82) is 0 Å². The molecule has 1 aromatic heterocycles. The average Bonchev–Trinajstić information content (AvgIpc) is 2.58. The molecule has 24 heavy (non-hydrogen) atoms. The zero-order chi connectivity index (χ0) is 17.2. The van der Waals surface area contributed by atoms with E-state index < -0.39 is 5.60 Å². The van der Waals surface area contributed by atoms with Crippen LogP contribution in [-0.2, 0) is 11.2 Å². The van der Waals surface area contributed by atoms with Gasteiger partial charge in [0.2, 0.25) is 5.91 Å². The molecule has 4 nitrogen and oxygen atoms in total. The van der Waals surface area contributed by atoms with Crippen LogP contribution in [0, 0.1) is 13.8 Å². The molecule has 1 saturated carbocycles. The van der Waals surface area contributed by atoms with E-state index in [1.165, 1.54) is 6.42 Å². The molecule has 1 aliphatic carbocycles. The molecule has 0 bridgehead atoms. The second-order valence-corrected chi connectivity index (χ2v) is 7.06. The summed E-state index contributed by atoms with van der Waals surface area (Å²) in [5.41, 5.74) is 3.25. The minimum absolute atomic E-state index is 0.0442. The topological polar surface area (TPSA) is 62.2 Å². The predicted octanol–water partition coefficient (Wildman–Crippen LogP) is 3.21. The molecular formula is C20H26N2O2. The van der Waals surface area contributed by atoms with Gasteiger partial charge in [-0.3, -0.25) is 9.78 Å². The summed E-state index contributed by atoms with van der Waals surface area (Å²) in [6.07, 6.45) is 5.13. The smallest absolute Gasteiger partial charge is 0.224 e. The molecule has 2 N–H and O–H groups in total. The summed E-state index contributed by atoms with van der Waals surface area (Å²) in [5.74, 6) is -0.0442. The SMILES string of the molecule is Cc1nc2ccccc2c(C)c1CC(=O)NCC1(O)CCCCC1. The van der Waals surface area contributed by atoms with Gasteiger partial charge in [-0.2, -0.15) is 0 Å². The van der Waals surface area contributed by atoms with E-state index in [0.29, 0.717) is 13.0 Å². The Kier molecular flexibility index (Phi) is 4.86. The van der Waals surface area contributed by atoms with Crippen molar-refractivity contribution < 1.29 is 9.90 Å². The lowest BCUT2D eigenvalue weighted by Gasteiger charge is -2.32. The Morgan fingerprint density at radius 1 is 1.21 bits per heavy atom. The number of aromatic nitrogens is 1. The lowest BCUT2D eigenvalue weighted by molar-refractivity contribution is -0.122. The van der Waals surface area contributed by atoms with Crippen molar-refractivity contribution in [1.82, 2.24) is 10.3 Å². The number of benzene rings is 1. The Labute approximate surface area is 143 Å². The Bertz CT molecular complexity index is 749. The normalized spacial score (nSPS) is 17.0. The minimum Gasteiger partial charge on any atom is -0.388 e. The van der Waals surface area contributed by atoms with Crippen LogP contribution >= 0.6 is 0 Å². The quantitative estimate of drug-likeness (QED) is 0.907. The molecule has 0 spiro atoms. The third-order valence-electron chi connectivity index (χ3n) is 5.22. The number of aryl methyl sites for hydroxylation is 2. The van der Waals surface area contributed by atoms with Crippen LogP contribution in [0.2, 0.25) is 0 Å². The zero-order valence-corrected chi connectivity index (χ0v) is 14.6. The maximum Gasteiger partial charge on any atom is 0.224 e. The molecule has 0 atom stereocenters. The van der Waals surface area contributed by atoms with Crippen LogP contribution < -0.4 is 5.32 Å². The first kappa shape index (κ1) is 16.9. The maximum atomic E-state index is 12.4. The van der Waals surface area contributed by atoms with Crippen LogP contribution in [-0.4, -0.2) is 28.1 Å². The molecule has 1 aromatic carbocycles. The number of nitrogens with one attached hydrogen (secondary N) is 1. The Morgan fingerprint density at radius 3 is 2.67 bits per heavy atom. The summed E-state index contributed by atoms with van der Waals surface area (Å²) in [6, 6.07) is 8.02. The van der Waals surface area contributed by atoms with Gasteiger partial charge in [0, 0.05) is 17.6 Å². The lowest BCUT2D eigenvalue weighted by Crippen LogP contribution is -2.44. The predicted molar refractivity (Wildman–Crippen MR) is 96.0 cm³/mol. The van der Waals surface area contributed by atoms with Gasteiger partial charge in [-0.1, -0.05) is 37.5 Å². The van der Waals surface area contributed by atoms with Crippen molar-refractivity contribution in [3.63, 3.8) is 0 Å². The second-order valence-electron chi connectivity index (χ2n) is 7.06. The van der Waals surface area contributed by atoms with Crippen molar-refractivity contribution in [2.75, 3.05) is 6.54 Å². The van der Waals surface area contributed by atoms with Gasteiger partial charge in [0.25, 0.3) is 0 Å². The van der Waals surface area contributed by atoms with E-state index >= 15 is 0 Å². The van der Waals surface area contributed by atoms with Crippen molar-refractivity contribution in [2.24, 2.45) is 0 Å². The fourth-order valence-corrected chi connectivity index (χ4v) is 3.70. The molecule has 2 aromatic rings. The van der Waals surface area contributed by atoms with E-state index in [1.807, 2.05) is 38.1 Å². The van der Waals surface area contributed by atoms with Crippen molar-refractivity contribution in [2.45, 2.75) is 58.0 Å². The third-order valence-corrected chi connectivity index (χ3v) is 5.22. The molecule has 0 unspecified atom stereocenters. The molecule has 0 saturated heterocycles. The van der Waals surface area contributed by atoms with Gasteiger partial charge < -0.3 is 10.4 Å². The molecule has 1 aliphatic rings. The first-order chi connectivity index (χ1) is 11.5. The molecular weight excluding hydrogens is 300 g/mol. The Morgan fingerprint density at radius 2 is 1.92 bits per heavy atom.